The van der Waals surface area contributed by atoms with E-state index < -0.39 is 0 Å². The zero-order valence-electron chi connectivity index (χ0n) is 19.0. The van der Waals surface area contributed by atoms with E-state index in [4.69, 9.17) is 5.26 Å². The van der Waals surface area contributed by atoms with Crippen molar-refractivity contribution >= 4 is 11.7 Å². The number of anilines is 1. The third-order valence-electron chi connectivity index (χ3n) is 5.56. The number of hydrogen-bond acceptors (Lipinski definition) is 5. The fourth-order valence-electron chi connectivity index (χ4n) is 3.67. The monoisotopic (exact) mass is 450 g/mol. The highest BCUT2D eigenvalue weighted by molar-refractivity contribution is 5.95. The minimum absolute atomic E-state index is 0.116. The van der Waals surface area contributed by atoms with E-state index in [0.29, 0.717) is 17.9 Å². The lowest BCUT2D eigenvalue weighted by Crippen LogP contribution is -2.32. The summed E-state index contributed by atoms with van der Waals surface area (Å²) in [6.45, 7) is 1.22. The van der Waals surface area contributed by atoms with Gasteiger partial charge in [0.1, 0.15) is 5.82 Å². The van der Waals surface area contributed by atoms with Crippen LogP contribution in [0.3, 0.4) is 0 Å². The molecule has 2 heterocycles. The van der Waals surface area contributed by atoms with Gasteiger partial charge in [0.15, 0.2) is 0 Å². The van der Waals surface area contributed by atoms with Crippen molar-refractivity contribution in [2.45, 2.75) is 12.3 Å². The number of nitrogens with zero attached hydrogens (tertiary/aromatic N) is 4. The minimum atomic E-state index is -0.362. The molecule has 2 aromatic carbocycles. The van der Waals surface area contributed by atoms with Crippen LogP contribution >= 0.6 is 0 Å². The molecule has 34 heavy (non-hydrogen) atoms. The molecular formula is C27H26N6O. The van der Waals surface area contributed by atoms with E-state index >= 15 is 0 Å². The van der Waals surface area contributed by atoms with Gasteiger partial charge in [0.2, 0.25) is 5.91 Å². The van der Waals surface area contributed by atoms with E-state index in [2.05, 4.69) is 26.7 Å². The number of rotatable bonds is 9. The molecule has 1 unspecified atom stereocenters. The van der Waals surface area contributed by atoms with Crippen molar-refractivity contribution in [2.75, 3.05) is 18.4 Å². The second-order valence-corrected chi connectivity index (χ2v) is 8.07. The van der Waals surface area contributed by atoms with Crippen molar-refractivity contribution in [3.05, 3.63) is 102 Å². The van der Waals surface area contributed by atoms with Crippen LogP contribution in [-0.2, 0) is 18.3 Å². The predicted octanol–water partition coefficient (Wildman–Crippen LogP) is 3.91. The second kappa shape index (κ2) is 11.0. The number of carbonyl (C=O) groups is 1. The lowest BCUT2D eigenvalue weighted by Gasteiger charge is -2.18. The molecule has 0 saturated heterocycles. The molecule has 0 fully saturated rings. The smallest absolute Gasteiger partial charge is 0.234 e. The fourth-order valence-corrected chi connectivity index (χ4v) is 3.67. The zero-order valence-corrected chi connectivity index (χ0v) is 19.0. The van der Waals surface area contributed by atoms with Crippen LogP contribution < -0.4 is 10.6 Å². The molecule has 4 rings (SSSR count). The maximum atomic E-state index is 13.2. The van der Waals surface area contributed by atoms with Gasteiger partial charge >= 0.3 is 0 Å². The molecule has 0 aliphatic carbocycles. The average molecular weight is 451 g/mol. The van der Waals surface area contributed by atoms with Crippen LogP contribution in [-0.4, -0.2) is 33.5 Å². The third kappa shape index (κ3) is 5.94. The third-order valence-corrected chi connectivity index (χ3v) is 5.56. The van der Waals surface area contributed by atoms with E-state index in [0.717, 1.165) is 35.3 Å². The Labute approximate surface area is 199 Å². The van der Waals surface area contributed by atoms with Gasteiger partial charge in [-0.2, -0.15) is 5.26 Å². The van der Waals surface area contributed by atoms with Crippen LogP contribution in [0, 0.1) is 11.3 Å². The van der Waals surface area contributed by atoms with Crippen molar-refractivity contribution in [3.63, 3.8) is 0 Å². The first-order valence-electron chi connectivity index (χ1n) is 11.1. The van der Waals surface area contributed by atoms with Gasteiger partial charge in [-0.25, -0.2) is 9.97 Å². The van der Waals surface area contributed by atoms with Crippen LogP contribution in [0.2, 0.25) is 0 Å². The zero-order chi connectivity index (χ0) is 23.8. The molecule has 7 nitrogen and oxygen atoms in total. The first-order valence-corrected chi connectivity index (χ1v) is 11.1. The van der Waals surface area contributed by atoms with Gasteiger partial charge in [0, 0.05) is 31.5 Å². The molecule has 4 aromatic rings. The topological polar surface area (TPSA) is 95.6 Å². The highest BCUT2D eigenvalue weighted by atomic mass is 16.2. The normalized spacial score (nSPS) is 11.5. The summed E-state index contributed by atoms with van der Waals surface area (Å²) >= 11 is 0. The summed E-state index contributed by atoms with van der Waals surface area (Å²) in [6, 6.07) is 23.1. The number of aromatic nitrogens is 3. The summed E-state index contributed by atoms with van der Waals surface area (Å²) in [5.41, 5.74) is 4.46. The molecule has 1 amide bonds. The number of aryl methyl sites for hydroxylation is 1. The van der Waals surface area contributed by atoms with E-state index in [1.54, 1.807) is 18.6 Å². The highest BCUT2D eigenvalue weighted by Crippen LogP contribution is 2.20. The number of amides is 1. The van der Waals surface area contributed by atoms with Gasteiger partial charge in [-0.15, -0.1) is 0 Å². The van der Waals surface area contributed by atoms with Crippen LogP contribution in [0.4, 0.5) is 5.82 Å². The number of nitriles is 1. The highest BCUT2D eigenvalue weighted by Gasteiger charge is 2.20. The summed E-state index contributed by atoms with van der Waals surface area (Å²) in [7, 11) is 1.92. The number of imidazole rings is 1. The quantitative estimate of drug-likeness (QED) is 0.377. The Morgan fingerprint density at radius 2 is 1.85 bits per heavy atom. The van der Waals surface area contributed by atoms with Crippen LogP contribution in [0.25, 0.3) is 11.3 Å². The molecule has 170 valence electrons. The van der Waals surface area contributed by atoms with Crippen molar-refractivity contribution in [1.29, 1.82) is 5.26 Å². The maximum absolute atomic E-state index is 13.2. The lowest BCUT2D eigenvalue weighted by atomic mass is 9.98. The van der Waals surface area contributed by atoms with E-state index in [1.165, 1.54) is 0 Å². The Balaban J connectivity index is 1.38. The Morgan fingerprint density at radius 3 is 2.50 bits per heavy atom. The van der Waals surface area contributed by atoms with Crippen molar-refractivity contribution in [1.82, 2.24) is 19.9 Å². The largest absolute Gasteiger partial charge is 0.340 e. The van der Waals surface area contributed by atoms with Gasteiger partial charge in [-0.3, -0.25) is 4.79 Å². The molecule has 0 bridgehead atoms. The molecule has 0 aliphatic heterocycles. The molecule has 0 saturated carbocycles. The summed E-state index contributed by atoms with van der Waals surface area (Å²) in [5, 5.41) is 15.3. The van der Waals surface area contributed by atoms with Gasteiger partial charge in [0.05, 0.1) is 29.6 Å². The minimum Gasteiger partial charge on any atom is -0.340 e. The number of carbonyl (C=O) groups excluding carboxylic acids is 1. The Hall–Kier alpha value is -4.28. The standard InChI is InChI=1S/C27H26N6O/c1-33-18-25(31-19-33)23-11-12-26(30-16-23)32-27(34)24(22-5-3-2-4-6-22)17-29-14-13-20-7-9-21(15-28)10-8-20/h2-12,16,18-19,24,29H,13-14,17H2,1H3,(H,30,32,34). The summed E-state index contributed by atoms with van der Waals surface area (Å²) < 4.78 is 1.88. The second-order valence-electron chi connectivity index (χ2n) is 8.07. The van der Waals surface area contributed by atoms with Crippen LogP contribution in [0.1, 0.15) is 22.6 Å². The Morgan fingerprint density at radius 1 is 1.06 bits per heavy atom. The summed E-state index contributed by atoms with van der Waals surface area (Å²) in [6.07, 6.45) is 6.19. The number of pyridine rings is 1. The molecule has 7 heteroatoms. The molecule has 0 radical (unpaired) electrons. The van der Waals surface area contributed by atoms with E-state index in [1.807, 2.05) is 78.5 Å². The van der Waals surface area contributed by atoms with E-state index in [9.17, 15) is 4.79 Å². The first kappa shape index (κ1) is 22.9. The lowest BCUT2D eigenvalue weighted by molar-refractivity contribution is -0.117. The van der Waals surface area contributed by atoms with Gasteiger partial charge < -0.3 is 15.2 Å². The summed E-state index contributed by atoms with van der Waals surface area (Å²) in [4.78, 5) is 21.9. The number of hydrogen-bond donors (Lipinski definition) is 2. The maximum Gasteiger partial charge on any atom is 0.234 e. The fraction of sp³-hybridized carbons (Fsp3) is 0.185. The number of nitrogens with one attached hydrogen (secondary N) is 2. The van der Waals surface area contributed by atoms with Gasteiger partial charge in [-0.1, -0.05) is 42.5 Å². The van der Waals surface area contributed by atoms with Gasteiger partial charge in [0.25, 0.3) is 0 Å². The van der Waals surface area contributed by atoms with Gasteiger partial charge in [-0.05, 0) is 48.4 Å². The molecule has 1 atom stereocenters. The predicted molar refractivity (Wildman–Crippen MR) is 132 cm³/mol. The molecular weight excluding hydrogens is 424 g/mol. The van der Waals surface area contributed by atoms with Crippen molar-refractivity contribution in [3.8, 4) is 17.3 Å². The average Bonchev–Trinajstić information content (AvgIpc) is 3.31. The number of benzene rings is 2. The molecule has 2 N–H and O–H groups in total. The van der Waals surface area contributed by atoms with Crippen LogP contribution in [0.5, 0.6) is 0 Å². The van der Waals surface area contributed by atoms with Crippen LogP contribution in [0.15, 0.2) is 85.5 Å². The molecule has 2 aromatic heterocycles. The van der Waals surface area contributed by atoms with Crippen molar-refractivity contribution in [2.24, 2.45) is 7.05 Å². The SMILES string of the molecule is Cn1cnc(-c2ccc(NC(=O)C(CNCCc3ccc(C#N)cc3)c3ccccc3)nc2)c1. The first-order chi connectivity index (χ1) is 16.6. The Bertz CT molecular complexity index is 1260. The Kier molecular flexibility index (Phi) is 7.43. The molecule has 0 aliphatic rings. The van der Waals surface area contributed by atoms with Crippen molar-refractivity contribution < 1.29 is 4.79 Å². The summed E-state index contributed by atoms with van der Waals surface area (Å²) in [5.74, 6) is 0.0257. The molecule has 0 spiro atoms. The van der Waals surface area contributed by atoms with E-state index in [-0.39, 0.29) is 11.8 Å².